The molecule has 0 saturated carbocycles. The van der Waals surface area contributed by atoms with Gasteiger partial charge < -0.3 is 4.74 Å². The Morgan fingerprint density at radius 2 is 2.28 bits per heavy atom. The highest BCUT2D eigenvalue weighted by Crippen LogP contribution is 2.27. The topological polar surface area (TPSA) is 80.5 Å². The number of amides is 1. The van der Waals surface area contributed by atoms with E-state index in [1.54, 1.807) is 0 Å². The Labute approximate surface area is 109 Å². The number of nitrogens with zero attached hydrogens (tertiary/aromatic N) is 2. The number of hydrogen-bond acceptors (Lipinski definition) is 6. The van der Waals surface area contributed by atoms with Crippen LogP contribution in [-0.4, -0.2) is 41.1 Å². The average Bonchev–Trinajstić information content (AvgIpc) is 2.96. The molecule has 0 radical (unpaired) electrons. The predicted molar refractivity (Wildman–Crippen MR) is 66.9 cm³/mol. The van der Waals surface area contributed by atoms with Crippen LogP contribution in [0.15, 0.2) is 5.38 Å². The highest BCUT2D eigenvalue weighted by molar-refractivity contribution is 7.11. The van der Waals surface area contributed by atoms with Gasteiger partial charge in [-0.3, -0.25) is 15.1 Å². The molecule has 2 fully saturated rings. The molecule has 98 valence electrons. The quantitative estimate of drug-likeness (QED) is 0.462. The van der Waals surface area contributed by atoms with Crippen molar-refractivity contribution in [2.75, 3.05) is 13.1 Å². The number of hydrazine groups is 1. The minimum atomic E-state index is -0.326. The molecular formula is C11H16N4O2S. The molecule has 3 N–H and O–H groups in total. The van der Waals surface area contributed by atoms with Crippen molar-refractivity contribution in [3.05, 3.63) is 16.1 Å². The number of aromatic nitrogens is 1. The third-order valence-electron chi connectivity index (χ3n) is 3.38. The summed E-state index contributed by atoms with van der Waals surface area (Å²) < 4.78 is 5.79. The number of nitrogens with two attached hydrogens (primary N) is 1. The Bertz CT molecular complexity index is 438. The summed E-state index contributed by atoms with van der Waals surface area (Å²) >= 11 is 1.33. The van der Waals surface area contributed by atoms with Gasteiger partial charge in [-0.2, -0.15) is 0 Å². The van der Waals surface area contributed by atoms with Crippen molar-refractivity contribution in [3.8, 4) is 0 Å². The largest absolute Gasteiger partial charge is 0.372 e. The maximum atomic E-state index is 11.3. The first-order valence-corrected chi connectivity index (χ1v) is 6.95. The lowest BCUT2D eigenvalue weighted by molar-refractivity contribution is -0.0413. The smallest absolute Gasteiger partial charge is 0.294 e. The van der Waals surface area contributed by atoms with Gasteiger partial charge in [0.25, 0.3) is 5.91 Å². The van der Waals surface area contributed by atoms with Gasteiger partial charge in [0.15, 0.2) is 5.01 Å². The summed E-state index contributed by atoms with van der Waals surface area (Å²) in [5.74, 6) is 4.76. The van der Waals surface area contributed by atoms with Gasteiger partial charge in [0.1, 0.15) is 0 Å². The Kier molecular flexibility index (Phi) is 3.29. The third kappa shape index (κ3) is 2.39. The minimum Gasteiger partial charge on any atom is -0.372 e. The van der Waals surface area contributed by atoms with Gasteiger partial charge in [-0.1, -0.05) is 0 Å². The first-order chi connectivity index (χ1) is 8.74. The van der Waals surface area contributed by atoms with E-state index >= 15 is 0 Å². The maximum Gasteiger partial charge on any atom is 0.294 e. The number of hydrogen-bond donors (Lipinski definition) is 2. The summed E-state index contributed by atoms with van der Waals surface area (Å²) in [7, 11) is 0. The van der Waals surface area contributed by atoms with Crippen LogP contribution >= 0.6 is 11.3 Å². The van der Waals surface area contributed by atoms with E-state index in [0.717, 1.165) is 25.3 Å². The van der Waals surface area contributed by atoms with Crippen molar-refractivity contribution in [2.24, 2.45) is 5.84 Å². The highest BCUT2D eigenvalue weighted by atomic mass is 32.1. The highest BCUT2D eigenvalue weighted by Gasteiger charge is 2.33. The van der Waals surface area contributed by atoms with Gasteiger partial charge in [-0.25, -0.2) is 10.8 Å². The molecule has 2 aliphatic heterocycles. The van der Waals surface area contributed by atoms with Crippen LogP contribution in [-0.2, 0) is 11.3 Å². The van der Waals surface area contributed by atoms with E-state index in [1.165, 1.54) is 24.2 Å². The van der Waals surface area contributed by atoms with Crippen LogP contribution in [0.2, 0.25) is 0 Å². The molecule has 7 heteroatoms. The van der Waals surface area contributed by atoms with Crippen molar-refractivity contribution in [2.45, 2.75) is 31.6 Å². The standard InChI is InChI=1S/C11H16N4O2S/c12-14-10(16)11-13-7(6-18-11)3-15-4-8-1-2-9(5-15)17-8/h6,8-9H,1-5,12H2,(H,14,16). The van der Waals surface area contributed by atoms with Gasteiger partial charge in [0, 0.05) is 25.0 Å². The van der Waals surface area contributed by atoms with E-state index in [2.05, 4.69) is 15.3 Å². The molecule has 3 heterocycles. The van der Waals surface area contributed by atoms with Gasteiger partial charge >= 0.3 is 0 Å². The van der Waals surface area contributed by atoms with Crippen molar-refractivity contribution in [1.29, 1.82) is 0 Å². The molecule has 18 heavy (non-hydrogen) atoms. The molecular weight excluding hydrogens is 252 g/mol. The lowest BCUT2D eigenvalue weighted by atomic mass is 10.2. The summed E-state index contributed by atoms with van der Waals surface area (Å²) in [4.78, 5) is 18.0. The first-order valence-electron chi connectivity index (χ1n) is 6.08. The monoisotopic (exact) mass is 268 g/mol. The predicted octanol–water partition coefficient (Wildman–Crippen LogP) is 0.110. The van der Waals surface area contributed by atoms with Crippen LogP contribution in [0.4, 0.5) is 0 Å². The van der Waals surface area contributed by atoms with Crippen molar-refractivity contribution in [3.63, 3.8) is 0 Å². The second-order valence-corrected chi connectivity index (χ2v) is 5.63. The molecule has 3 rings (SSSR count). The number of nitrogens with one attached hydrogen (secondary N) is 1. The van der Waals surface area contributed by atoms with E-state index in [0.29, 0.717) is 17.2 Å². The second-order valence-electron chi connectivity index (χ2n) is 4.77. The molecule has 1 aromatic heterocycles. The van der Waals surface area contributed by atoms with Gasteiger partial charge in [0.05, 0.1) is 17.9 Å². The summed E-state index contributed by atoms with van der Waals surface area (Å²) in [6.45, 7) is 2.71. The Morgan fingerprint density at radius 3 is 2.94 bits per heavy atom. The fraction of sp³-hybridized carbons (Fsp3) is 0.636. The summed E-state index contributed by atoms with van der Waals surface area (Å²) in [6.07, 6.45) is 3.10. The third-order valence-corrected chi connectivity index (χ3v) is 4.27. The number of likely N-dealkylation sites (tertiary alicyclic amines) is 1. The number of fused-ring (bicyclic) bond motifs is 2. The molecule has 6 nitrogen and oxygen atoms in total. The van der Waals surface area contributed by atoms with Crippen molar-refractivity contribution >= 4 is 17.2 Å². The van der Waals surface area contributed by atoms with Gasteiger partial charge in [-0.05, 0) is 12.8 Å². The lowest BCUT2D eigenvalue weighted by Gasteiger charge is -2.31. The number of nitrogen functional groups attached to an aromatic ring is 1. The number of carbonyl (C=O) groups is 1. The fourth-order valence-corrected chi connectivity index (χ4v) is 3.31. The molecule has 0 aromatic carbocycles. The van der Waals surface area contributed by atoms with E-state index in [1.807, 2.05) is 5.38 Å². The molecule has 1 amide bonds. The number of morpholine rings is 1. The lowest BCUT2D eigenvalue weighted by Crippen LogP contribution is -2.42. The number of rotatable bonds is 3. The zero-order chi connectivity index (χ0) is 12.5. The van der Waals surface area contributed by atoms with Crippen molar-refractivity contribution in [1.82, 2.24) is 15.3 Å². The van der Waals surface area contributed by atoms with Crippen LogP contribution in [0.1, 0.15) is 28.3 Å². The molecule has 1 aromatic rings. The number of ether oxygens (including phenoxy) is 1. The van der Waals surface area contributed by atoms with Crippen LogP contribution in [0.5, 0.6) is 0 Å². The fourth-order valence-electron chi connectivity index (χ4n) is 2.60. The van der Waals surface area contributed by atoms with Crippen LogP contribution in [0.25, 0.3) is 0 Å². The summed E-state index contributed by atoms with van der Waals surface area (Å²) in [5.41, 5.74) is 3.03. The zero-order valence-electron chi connectivity index (χ0n) is 9.96. The summed E-state index contributed by atoms with van der Waals surface area (Å²) in [6, 6.07) is 0. The van der Waals surface area contributed by atoms with Crippen LogP contribution < -0.4 is 11.3 Å². The molecule has 0 spiro atoms. The second kappa shape index (κ2) is 4.93. The molecule has 2 bridgehead atoms. The average molecular weight is 268 g/mol. The minimum absolute atomic E-state index is 0.326. The van der Waals surface area contributed by atoms with Gasteiger partial charge in [-0.15, -0.1) is 11.3 Å². The Balaban J connectivity index is 1.62. The summed E-state index contributed by atoms with van der Waals surface area (Å²) in [5, 5.41) is 2.34. The van der Waals surface area contributed by atoms with Crippen LogP contribution in [0.3, 0.4) is 0 Å². The van der Waals surface area contributed by atoms with Gasteiger partial charge in [0.2, 0.25) is 0 Å². The van der Waals surface area contributed by atoms with E-state index in [-0.39, 0.29) is 5.91 Å². The number of carbonyl (C=O) groups excluding carboxylic acids is 1. The van der Waals surface area contributed by atoms with E-state index in [9.17, 15) is 4.79 Å². The molecule has 2 unspecified atom stereocenters. The number of thiazole rings is 1. The van der Waals surface area contributed by atoms with Crippen LogP contribution in [0, 0.1) is 0 Å². The SMILES string of the molecule is NNC(=O)c1nc(CN2CC3CCC(C2)O3)cs1. The molecule has 2 saturated heterocycles. The molecule has 2 aliphatic rings. The zero-order valence-corrected chi connectivity index (χ0v) is 10.8. The Morgan fingerprint density at radius 1 is 1.56 bits per heavy atom. The molecule has 2 atom stereocenters. The van der Waals surface area contributed by atoms with Crippen molar-refractivity contribution < 1.29 is 9.53 Å². The first kappa shape index (κ1) is 12.0. The maximum absolute atomic E-state index is 11.3. The Hall–Kier alpha value is -1.02. The van der Waals surface area contributed by atoms with E-state index < -0.39 is 0 Å². The normalized spacial score (nSPS) is 27.4. The molecule has 0 aliphatic carbocycles. The van der Waals surface area contributed by atoms with E-state index in [4.69, 9.17) is 10.6 Å².